The number of hydrogen-bond donors (Lipinski definition) is 3. The number of carbonyl (C=O) groups excluding carboxylic acids is 3. The largest absolute Gasteiger partial charge is 0.444 e. The molecule has 2 aromatic carbocycles. The van der Waals surface area contributed by atoms with Gasteiger partial charge in [-0.3, -0.25) is 9.59 Å². The molecule has 14 nitrogen and oxygen atoms in total. The highest BCUT2D eigenvalue weighted by Gasteiger charge is 2.52. The van der Waals surface area contributed by atoms with E-state index in [1.807, 2.05) is 53.3 Å². The number of aromatic nitrogens is 6. The summed E-state index contributed by atoms with van der Waals surface area (Å²) in [5.41, 5.74) is 11.3. The first-order chi connectivity index (χ1) is 31.1. The van der Waals surface area contributed by atoms with Crippen LogP contribution >= 0.6 is 0 Å². The molecule has 8 heterocycles. The second-order valence-corrected chi connectivity index (χ2v) is 19.3. The lowest BCUT2D eigenvalue weighted by Crippen LogP contribution is -2.74. The molecular formula is C49H48F2N10O4. The fourth-order valence-corrected chi connectivity index (χ4v) is 10.6. The Morgan fingerprint density at radius 1 is 0.708 bits per heavy atom. The summed E-state index contributed by atoms with van der Waals surface area (Å²) < 4.78 is 37.2. The van der Waals surface area contributed by atoms with Crippen LogP contribution in [0.1, 0.15) is 75.1 Å². The Balaban J connectivity index is 0.000000147. The van der Waals surface area contributed by atoms with Crippen molar-refractivity contribution in [3.8, 4) is 45.6 Å². The number of likely N-dealkylation sites (tertiary alicyclic amines) is 1. The number of nitrogens with zero attached hydrogens (tertiary/aromatic N) is 7. The van der Waals surface area contributed by atoms with Gasteiger partial charge >= 0.3 is 6.09 Å². The summed E-state index contributed by atoms with van der Waals surface area (Å²) in [4.78, 5) is 59.1. The van der Waals surface area contributed by atoms with Crippen molar-refractivity contribution in [2.45, 2.75) is 76.0 Å². The van der Waals surface area contributed by atoms with Crippen molar-refractivity contribution in [3.63, 3.8) is 0 Å². The molecule has 6 aromatic rings. The Kier molecular flexibility index (Phi) is 9.20. The van der Waals surface area contributed by atoms with E-state index in [0.29, 0.717) is 47.8 Å². The second-order valence-electron chi connectivity index (χ2n) is 19.3. The molecule has 2 fully saturated rings. The summed E-state index contributed by atoms with van der Waals surface area (Å²) in [6, 6.07) is 12.6. The highest BCUT2D eigenvalue weighted by molar-refractivity contribution is 6.02. The van der Waals surface area contributed by atoms with Gasteiger partial charge in [-0.15, -0.1) is 0 Å². The number of rotatable bonds is 2. The summed E-state index contributed by atoms with van der Waals surface area (Å²) >= 11 is 0. The molecule has 332 valence electrons. The fourth-order valence-electron chi connectivity index (χ4n) is 10.6. The van der Waals surface area contributed by atoms with Crippen molar-refractivity contribution in [1.29, 1.82) is 0 Å². The fraction of sp³-hybridized carbons (Fsp3) is 0.367. The molecule has 2 aliphatic carbocycles. The Morgan fingerprint density at radius 2 is 1.18 bits per heavy atom. The van der Waals surface area contributed by atoms with Crippen LogP contribution in [0.5, 0.6) is 0 Å². The topological polar surface area (TPSA) is 161 Å². The van der Waals surface area contributed by atoms with Gasteiger partial charge in [0.15, 0.2) is 11.6 Å². The summed E-state index contributed by atoms with van der Waals surface area (Å²) in [5, 5.41) is 9.69. The molecule has 3 amide bonds. The number of ether oxygens (including phenoxy) is 1. The monoisotopic (exact) mass is 878 g/mol. The van der Waals surface area contributed by atoms with Crippen molar-refractivity contribution in [3.05, 3.63) is 117 Å². The van der Waals surface area contributed by atoms with Crippen LogP contribution in [0.4, 0.5) is 13.6 Å². The summed E-state index contributed by atoms with van der Waals surface area (Å²) in [6.07, 6.45) is 7.77. The van der Waals surface area contributed by atoms with Crippen LogP contribution in [0.2, 0.25) is 0 Å². The van der Waals surface area contributed by atoms with Gasteiger partial charge in [-0.1, -0.05) is 24.3 Å². The van der Waals surface area contributed by atoms with Crippen LogP contribution in [0.3, 0.4) is 0 Å². The minimum absolute atomic E-state index is 0.0208. The first kappa shape index (κ1) is 40.9. The lowest BCUT2D eigenvalue weighted by molar-refractivity contribution is -0.0170. The third-order valence-electron chi connectivity index (χ3n) is 13.7. The minimum atomic E-state index is -0.570. The Hall–Kier alpha value is -6.81. The Morgan fingerprint density at radius 3 is 1.63 bits per heavy atom. The zero-order valence-corrected chi connectivity index (χ0v) is 36.9. The highest BCUT2D eigenvalue weighted by Crippen LogP contribution is 2.43. The van der Waals surface area contributed by atoms with E-state index in [0.717, 1.165) is 107 Å². The molecule has 12 rings (SSSR count). The Labute approximate surface area is 373 Å². The number of amides is 3. The minimum Gasteiger partial charge on any atom is -0.444 e. The van der Waals surface area contributed by atoms with Gasteiger partial charge in [0.2, 0.25) is 0 Å². The van der Waals surface area contributed by atoms with Crippen LogP contribution in [0, 0.1) is 11.6 Å². The first-order valence-corrected chi connectivity index (χ1v) is 22.1. The zero-order valence-electron chi connectivity index (χ0n) is 36.9. The number of nitrogens with one attached hydrogen (secondary N) is 3. The Bertz CT molecular complexity index is 3030. The van der Waals surface area contributed by atoms with Crippen molar-refractivity contribution in [1.82, 2.24) is 49.9 Å². The molecule has 65 heavy (non-hydrogen) atoms. The van der Waals surface area contributed by atoms with Crippen LogP contribution in [-0.4, -0.2) is 94.7 Å². The third kappa shape index (κ3) is 6.79. The van der Waals surface area contributed by atoms with Crippen molar-refractivity contribution < 1.29 is 27.9 Å². The predicted octanol–water partition coefficient (Wildman–Crippen LogP) is 5.68. The standard InChI is InChI=1S/C27H28FN5O3.C22H20FN5O/c1-26(2,3)36-25(35)33-13-27(14-33)11-19-20(24(34)31-27)18-9-8-16-12-29-23(15-6-5-7-17(28)10-15)30-21(16)22(18)32(19)4;1-28-16-8-22(10-24-11-22)27-21(29)17(16)15-6-5-13-9-25-20(26-18(13)19(15)28)12-3-2-4-14(23)7-12/h5-7,10,12H,8-9,11,13-14H2,1-4H3,(H,31,34);2-4,7,9,24H,5-6,8,10-11H2,1H3,(H,27,29). The average molecular weight is 879 g/mol. The molecule has 0 atom stereocenters. The molecule has 3 N–H and O–H groups in total. The zero-order chi connectivity index (χ0) is 45.2. The predicted molar refractivity (Wildman–Crippen MR) is 237 cm³/mol. The molecule has 6 aliphatic rings. The number of aryl methyl sites for hydroxylation is 2. The molecular weight excluding hydrogens is 831 g/mol. The molecule has 4 aliphatic heterocycles. The van der Waals surface area contributed by atoms with Crippen LogP contribution < -0.4 is 16.0 Å². The van der Waals surface area contributed by atoms with E-state index in [4.69, 9.17) is 14.7 Å². The van der Waals surface area contributed by atoms with Gasteiger partial charge in [-0.25, -0.2) is 33.5 Å². The van der Waals surface area contributed by atoms with Gasteiger partial charge in [-0.2, -0.15) is 0 Å². The van der Waals surface area contributed by atoms with Crippen molar-refractivity contribution >= 4 is 17.9 Å². The smallest absolute Gasteiger partial charge is 0.410 e. The van der Waals surface area contributed by atoms with E-state index in [2.05, 4.69) is 35.1 Å². The molecule has 4 aromatic heterocycles. The van der Waals surface area contributed by atoms with E-state index >= 15 is 0 Å². The van der Waals surface area contributed by atoms with E-state index in [1.165, 1.54) is 24.3 Å². The van der Waals surface area contributed by atoms with Gasteiger partial charge in [0.25, 0.3) is 11.8 Å². The lowest BCUT2D eigenvalue weighted by atomic mass is 9.80. The van der Waals surface area contributed by atoms with Gasteiger partial charge in [0, 0.05) is 88.0 Å². The molecule has 2 spiro atoms. The van der Waals surface area contributed by atoms with E-state index in [-0.39, 0.29) is 35.1 Å². The first-order valence-electron chi connectivity index (χ1n) is 22.1. The molecule has 16 heteroatoms. The summed E-state index contributed by atoms with van der Waals surface area (Å²) in [6.45, 7) is 7.93. The van der Waals surface area contributed by atoms with Crippen LogP contribution in [0.25, 0.3) is 45.6 Å². The molecule has 0 radical (unpaired) electrons. The average Bonchev–Trinajstić information content (AvgIpc) is 3.71. The molecule has 0 saturated carbocycles. The molecule has 2 saturated heterocycles. The number of halogens is 2. The van der Waals surface area contributed by atoms with E-state index in [1.54, 1.807) is 23.1 Å². The number of fused-ring (bicyclic) bond motifs is 10. The third-order valence-corrected chi connectivity index (χ3v) is 13.7. The highest BCUT2D eigenvalue weighted by atomic mass is 19.1. The summed E-state index contributed by atoms with van der Waals surface area (Å²) in [7, 11) is 3.99. The summed E-state index contributed by atoms with van der Waals surface area (Å²) in [5.74, 6) is 0.210. The van der Waals surface area contributed by atoms with Gasteiger partial charge in [0.1, 0.15) is 17.2 Å². The second kappa shape index (κ2) is 14.6. The maximum absolute atomic E-state index is 13.8. The van der Waals surface area contributed by atoms with Gasteiger partial charge < -0.3 is 34.7 Å². The van der Waals surface area contributed by atoms with Crippen LogP contribution in [0.15, 0.2) is 60.9 Å². The number of hydrogen-bond acceptors (Lipinski definition) is 9. The quantitative estimate of drug-likeness (QED) is 0.199. The van der Waals surface area contributed by atoms with E-state index < -0.39 is 11.1 Å². The van der Waals surface area contributed by atoms with Gasteiger partial charge in [0.05, 0.1) is 45.0 Å². The van der Waals surface area contributed by atoms with E-state index in [9.17, 15) is 23.2 Å². The van der Waals surface area contributed by atoms with Gasteiger partial charge in [-0.05, 0) is 93.0 Å². The van der Waals surface area contributed by atoms with Crippen molar-refractivity contribution in [2.24, 2.45) is 14.1 Å². The maximum Gasteiger partial charge on any atom is 0.410 e. The van der Waals surface area contributed by atoms with Crippen molar-refractivity contribution in [2.75, 3.05) is 26.2 Å². The number of benzene rings is 2. The maximum atomic E-state index is 13.8. The molecule has 0 bridgehead atoms. The van der Waals surface area contributed by atoms with Crippen LogP contribution in [-0.2, 0) is 57.4 Å². The lowest BCUT2D eigenvalue weighted by Gasteiger charge is -2.51. The number of carbonyl (C=O) groups is 3. The SMILES string of the molecule is Cn1c2c(c3c1-c1nc(-c4cccc(F)c4)ncc1CC3)C(=O)NC1(C2)CN(C(=O)OC(C)(C)C)C1.Cn1c2c(c3c1-c1nc(-c4cccc(F)c4)ncc1CC3)C(=O)NC1(CNC1)C2. The normalized spacial score (nSPS) is 18.0. The molecule has 0 unspecified atom stereocenters.